The van der Waals surface area contributed by atoms with Crippen LogP contribution in [0.3, 0.4) is 0 Å². The molecule has 5 heteroatoms. The van der Waals surface area contributed by atoms with E-state index in [0.717, 1.165) is 0 Å². The van der Waals surface area contributed by atoms with Crippen molar-refractivity contribution < 1.29 is 19.7 Å². The Morgan fingerprint density at radius 3 is 2.82 bits per heavy atom. The van der Waals surface area contributed by atoms with Crippen LogP contribution in [-0.2, 0) is 0 Å². The van der Waals surface area contributed by atoms with Crippen molar-refractivity contribution >= 4 is 5.91 Å². The molecular formula is C12H17NO4. The summed E-state index contributed by atoms with van der Waals surface area (Å²) in [5.74, 6) is -0.307. The molecule has 0 aliphatic carbocycles. The third-order valence-electron chi connectivity index (χ3n) is 2.40. The minimum absolute atomic E-state index is 0.00550. The molecular weight excluding hydrogens is 222 g/mol. The van der Waals surface area contributed by atoms with Crippen molar-refractivity contribution in [3.8, 4) is 11.5 Å². The fourth-order valence-electron chi connectivity index (χ4n) is 1.44. The van der Waals surface area contributed by atoms with Gasteiger partial charge in [-0.25, -0.2) is 0 Å². The van der Waals surface area contributed by atoms with Crippen LogP contribution in [0.4, 0.5) is 0 Å². The van der Waals surface area contributed by atoms with Crippen LogP contribution in [0.25, 0.3) is 0 Å². The molecule has 17 heavy (non-hydrogen) atoms. The Labute approximate surface area is 100 Å². The van der Waals surface area contributed by atoms with E-state index in [1.54, 1.807) is 19.1 Å². The average Bonchev–Trinajstić information content (AvgIpc) is 2.29. The van der Waals surface area contributed by atoms with E-state index in [1.165, 1.54) is 13.2 Å². The number of hydrogen-bond donors (Lipinski definition) is 3. The Morgan fingerprint density at radius 2 is 2.24 bits per heavy atom. The van der Waals surface area contributed by atoms with Crippen molar-refractivity contribution in [2.45, 2.75) is 19.4 Å². The molecule has 0 aromatic heterocycles. The summed E-state index contributed by atoms with van der Waals surface area (Å²) in [4.78, 5) is 11.8. The van der Waals surface area contributed by atoms with Gasteiger partial charge in [-0.05, 0) is 25.5 Å². The molecule has 5 nitrogen and oxygen atoms in total. The number of nitrogens with one attached hydrogen (secondary N) is 1. The third-order valence-corrected chi connectivity index (χ3v) is 2.40. The molecule has 0 heterocycles. The molecule has 0 fully saturated rings. The number of carbonyl (C=O) groups is 1. The van der Waals surface area contributed by atoms with E-state index in [4.69, 9.17) is 9.84 Å². The number of benzene rings is 1. The molecule has 1 atom stereocenters. The molecule has 0 saturated heterocycles. The van der Waals surface area contributed by atoms with E-state index in [1.807, 2.05) is 0 Å². The quantitative estimate of drug-likeness (QED) is 0.713. The van der Waals surface area contributed by atoms with Gasteiger partial charge in [0.1, 0.15) is 0 Å². The number of ether oxygens (including phenoxy) is 1. The Morgan fingerprint density at radius 1 is 1.53 bits per heavy atom. The number of para-hydroxylation sites is 1. The zero-order chi connectivity index (χ0) is 12.8. The van der Waals surface area contributed by atoms with E-state index in [-0.39, 0.29) is 35.6 Å². The summed E-state index contributed by atoms with van der Waals surface area (Å²) in [6.45, 7) is 1.79. The number of carbonyl (C=O) groups excluding carboxylic acids is 1. The van der Waals surface area contributed by atoms with Gasteiger partial charge in [0.15, 0.2) is 11.5 Å². The summed E-state index contributed by atoms with van der Waals surface area (Å²) in [6.07, 6.45) is 0.469. The van der Waals surface area contributed by atoms with E-state index >= 15 is 0 Å². The smallest absolute Gasteiger partial charge is 0.255 e. The van der Waals surface area contributed by atoms with Gasteiger partial charge >= 0.3 is 0 Å². The van der Waals surface area contributed by atoms with Gasteiger partial charge in [-0.1, -0.05) is 6.07 Å². The highest BCUT2D eigenvalue weighted by Crippen LogP contribution is 2.29. The maximum Gasteiger partial charge on any atom is 0.255 e. The van der Waals surface area contributed by atoms with E-state index < -0.39 is 0 Å². The summed E-state index contributed by atoms with van der Waals surface area (Å²) in [6, 6.07) is 4.56. The van der Waals surface area contributed by atoms with Gasteiger partial charge in [0.2, 0.25) is 0 Å². The van der Waals surface area contributed by atoms with Crippen LogP contribution in [0.5, 0.6) is 11.5 Å². The number of aliphatic hydroxyl groups excluding tert-OH is 1. The Balaban J connectivity index is 2.82. The standard InChI is InChI=1S/C12H17NO4/c1-8(6-7-14)13-12(16)9-4-3-5-10(17-2)11(9)15/h3-5,8,14-15H,6-7H2,1-2H3,(H,13,16). The number of hydrogen-bond acceptors (Lipinski definition) is 4. The Bertz CT molecular complexity index is 392. The summed E-state index contributed by atoms with van der Waals surface area (Å²) in [5, 5.41) is 21.2. The number of amides is 1. The fraction of sp³-hybridized carbons (Fsp3) is 0.417. The lowest BCUT2D eigenvalue weighted by Gasteiger charge is -2.14. The predicted molar refractivity (Wildman–Crippen MR) is 63.3 cm³/mol. The first-order chi connectivity index (χ1) is 8.10. The fourth-order valence-corrected chi connectivity index (χ4v) is 1.44. The molecule has 0 spiro atoms. The molecule has 0 aliphatic rings. The van der Waals surface area contributed by atoms with Gasteiger partial charge in [-0.15, -0.1) is 0 Å². The first kappa shape index (κ1) is 13.3. The molecule has 1 rings (SSSR count). The topological polar surface area (TPSA) is 78.8 Å². The minimum atomic E-state index is -0.387. The molecule has 1 unspecified atom stereocenters. The predicted octanol–water partition coefficient (Wildman–Crippen LogP) is 0.901. The normalized spacial score (nSPS) is 11.9. The number of aliphatic hydroxyl groups is 1. The second kappa shape index (κ2) is 6.10. The van der Waals surface area contributed by atoms with Gasteiger partial charge in [0.05, 0.1) is 12.7 Å². The van der Waals surface area contributed by atoms with Crippen molar-refractivity contribution in [2.75, 3.05) is 13.7 Å². The lowest BCUT2D eigenvalue weighted by Crippen LogP contribution is -2.33. The van der Waals surface area contributed by atoms with Crippen LogP contribution >= 0.6 is 0 Å². The number of phenolic OH excluding ortho intramolecular Hbond substituents is 1. The van der Waals surface area contributed by atoms with Crippen LogP contribution in [0.1, 0.15) is 23.7 Å². The van der Waals surface area contributed by atoms with Crippen LogP contribution < -0.4 is 10.1 Å². The highest BCUT2D eigenvalue weighted by molar-refractivity contribution is 5.97. The Hall–Kier alpha value is -1.75. The van der Waals surface area contributed by atoms with Gasteiger partial charge in [-0.3, -0.25) is 4.79 Å². The minimum Gasteiger partial charge on any atom is -0.504 e. The van der Waals surface area contributed by atoms with Crippen LogP contribution in [0, 0.1) is 0 Å². The third kappa shape index (κ3) is 3.35. The van der Waals surface area contributed by atoms with Gasteiger partial charge in [-0.2, -0.15) is 0 Å². The summed E-state index contributed by atoms with van der Waals surface area (Å²) < 4.78 is 4.92. The molecule has 1 aromatic carbocycles. The Kier molecular flexibility index (Phi) is 4.78. The zero-order valence-electron chi connectivity index (χ0n) is 9.93. The SMILES string of the molecule is COc1cccc(C(=O)NC(C)CCO)c1O. The summed E-state index contributed by atoms with van der Waals surface area (Å²) in [5.41, 5.74) is 0.161. The van der Waals surface area contributed by atoms with Crippen molar-refractivity contribution in [2.24, 2.45) is 0 Å². The first-order valence-electron chi connectivity index (χ1n) is 5.37. The van der Waals surface area contributed by atoms with Crippen LogP contribution in [0.2, 0.25) is 0 Å². The van der Waals surface area contributed by atoms with E-state index in [0.29, 0.717) is 6.42 Å². The summed E-state index contributed by atoms with van der Waals surface area (Å²) >= 11 is 0. The first-order valence-corrected chi connectivity index (χ1v) is 5.37. The second-order valence-electron chi connectivity index (χ2n) is 3.74. The largest absolute Gasteiger partial charge is 0.504 e. The highest BCUT2D eigenvalue weighted by atomic mass is 16.5. The molecule has 0 bridgehead atoms. The number of rotatable bonds is 5. The van der Waals surface area contributed by atoms with Crippen molar-refractivity contribution in [1.82, 2.24) is 5.32 Å². The van der Waals surface area contributed by atoms with Gasteiger partial charge < -0.3 is 20.3 Å². The molecule has 3 N–H and O–H groups in total. The lowest BCUT2D eigenvalue weighted by atomic mass is 10.1. The van der Waals surface area contributed by atoms with Crippen molar-refractivity contribution in [3.63, 3.8) is 0 Å². The second-order valence-corrected chi connectivity index (χ2v) is 3.74. The maximum absolute atomic E-state index is 11.8. The van der Waals surface area contributed by atoms with Crippen LogP contribution in [0.15, 0.2) is 18.2 Å². The van der Waals surface area contributed by atoms with Gasteiger partial charge in [0.25, 0.3) is 5.91 Å². The maximum atomic E-state index is 11.8. The molecule has 0 aliphatic heterocycles. The van der Waals surface area contributed by atoms with E-state index in [9.17, 15) is 9.90 Å². The number of aromatic hydroxyl groups is 1. The van der Waals surface area contributed by atoms with Gasteiger partial charge in [0, 0.05) is 12.6 Å². The average molecular weight is 239 g/mol. The molecule has 1 aromatic rings. The number of methoxy groups -OCH3 is 1. The summed E-state index contributed by atoms with van der Waals surface area (Å²) in [7, 11) is 1.42. The van der Waals surface area contributed by atoms with Crippen LogP contribution in [-0.4, -0.2) is 35.9 Å². The monoisotopic (exact) mass is 239 g/mol. The van der Waals surface area contributed by atoms with Crippen molar-refractivity contribution in [1.29, 1.82) is 0 Å². The van der Waals surface area contributed by atoms with E-state index in [2.05, 4.69) is 5.32 Å². The molecule has 0 saturated carbocycles. The zero-order valence-corrected chi connectivity index (χ0v) is 9.93. The highest BCUT2D eigenvalue weighted by Gasteiger charge is 2.16. The molecule has 1 amide bonds. The molecule has 0 radical (unpaired) electrons. The number of phenols is 1. The van der Waals surface area contributed by atoms with Crippen molar-refractivity contribution in [3.05, 3.63) is 23.8 Å². The lowest BCUT2D eigenvalue weighted by molar-refractivity contribution is 0.0931. The molecule has 94 valence electrons.